The van der Waals surface area contributed by atoms with Gasteiger partial charge in [0, 0.05) is 42.5 Å². The fourth-order valence-electron chi connectivity index (χ4n) is 4.45. The standard InChI is InChI=1S/C26H28N6O2/c1-27-28-15-23-22(16-33)25(31-24(30-23)19-5-3-2-4-6-19)29-20-7-9-21(10-8-20)32-13-11-26(12-14-32)17-34-18-26/h2-10,15-16,27H,11-14,17-18H2,1H3,(H,29,30,31)/b28-15-. The normalized spacial score (nSPS) is 16.9. The number of hydrogen-bond donors (Lipinski definition) is 2. The summed E-state index contributed by atoms with van der Waals surface area (Å²) < 4.78 is 5.44. The molecule has 5 rings (SSSR count). The number of hydrazone groups is 1. The Morgan fingerprint density at radius 1 is 1.03 bits per heavy atom. The number of hydrogen-bond acceptors (Lipinski definition) is 8. The Labute approximate surface area is 199 Å². The second kappa shape index (κ2) is 9.61. The molecular formula is C26H28N6O2. The highest BCUT2D eigenvalue weighted by Crippen LogP contribution is 2.39. The number of benzene rings is 2. The molecule has 0 bridgehead atoms. The third-order valence-corrected chi connectivity index (χ3v) is 6.58. The Bertz CT molecular complexity index is 1170. The molecule has 34 heavy (non-hydrogen) atoms. The number of piperidine rings is 1. The highest BCUT2D eigenvalue weighted by molar-refractivity contribution is 5.96. The van der Waals surface area contributed by atoms with E-state index in [4.69, 9.17) is 4.74 Å². The van der Waals surface area contributed by atoms with Gasteiger partial charge >= 0.3 is 0 Å². The number of anilines is 3. The fourth-order valence-corrected chi connectivity index (χ4v) is 4.45. The van der Waals surface area contributed by atoms with Crippen LogP contribution in [0, 0.1) is 5.41 Å². The summed E-state index contributed by atoms with van der Waals surface area (Å²) in [6.07, 6.45) is 4.64. The largest absolute Gasteiger partial charge is 0.380 e. The summed E-state index contributed by atoms with van der Waals surface area (Å²) >= 11 is 0. The number of nitrogens with zero attached hydrogens (tertiary/aromatic N) is 4. The minimum absolute atomic E-state index is 0.354. The lowest BCUT2D eigenvalue weighted by Gasteiger charge is -2.47. The van der Waals surface area contributed by atoms with Crippen molar-refractivity contribution in [1.82, 2.24) is 15.4 Å². The third-order valence-electron chi connectivity index (χ3n) is 6.58. The van der Waals surface area contributed by atoms with Crippen molar-refractivity contribution in [2.75, 3.05) is 43.6 Å². The number of ether oxygens (including phenoxy) is 1. The lowest BCUT2D eigenvalue weighted by molar-refractivity contribution is -0.124. The average molecular weight is 457 g/mol. The predicted octanol–water partition coefficient (Wildman–Crippen LogP) is 3.87. The Hall–Kier alpha value is -3.78. The van der Waals surface area contributed by atoms with E-state index in [-0.39, 0.29) is 0 Å². The van der Waals surface area contributed by atoms with Gasteiger partial charge in [-0.05, 0) is 37.1 Å². The molecule has 2 aliphatic rings. The van der Waals surface area contributed by atoms with E-state index in [1.165, 1.54) is 24.7 Å². The molecular weight excluding hydrogens is 428 g/mol. The molecule has 0 saturated carbocycles. The summed E-state index contributed by atoms with van der Waals surface area (Å²) in [4.78, 5) is 23.6. The average Bonchev–Trinajstić information content (AvgIpc) is 2.87. The zero-order valence-electron chi connectivity index (χ0n) is 19.2. The maximum atomic E-state index is 12.0. The van der Waals surface area contributed by atoms with E-state index in [0.717, 1.165) is 43.8 Å². The van der Waals surface area contributed by atoms with Crippen LogP contribution in [-0.4, -0.2) is 55.8 Å². The van der Waals surface area contributed by atoms with Crippen molar-refractivity contribution in [1.29, 1.82) is 0 Å². The first-order valence-electron chi connectivity index (χ1n) is 11.5. The lowest BCUT2D eigenvalue weighted by atomic mass is 9.77. The Balaban J connectivity index is 1.39. The predicted molar refractivity (Wildman–Crippen MR) is 134 cm³/mol. The molecule has 0 unspecified atom stereocenters. The lowest BCUT2D eigenvalue weighted by Crippen LogP contribution is -2.50. The van der Waals surface area contributed by atoms with Gasteiger partial charge in [0.15, 0.2) is 12.1 Å². The number of rotatable bonds is 7. The van der Waals surface area contributed by atoms with Crippen LogP contribution in [0.3, 0.4) is 0 Å². The van der Waals surface area contributed by atoms with Crippen molar-refractivity contribution < 1.29 is 9.53 Å². The zero-order chi connectivity index (χ0) is 23.4. The number of aldehydes is 1. The summed E-state index contributed by atoms with van der Waals surface area (Å²) in [7, 11) is 1.69. The Morgan fingerprint density at radius 3 is 2.38 bits per heavy atom. The Kier molecular flexibility index (Phi) is 6.22. The number of carbonyl (C=O) groups is 1. The van der Waals surface area contributed by atoms with E-state index in [1.54, 1.807) is 7.05 Å². The van der Waals surface area contributed by atoms with Crippen LogP contribution < -0.4 is 15.6 Å². The van der Waals surface area contributed by atoms with Gasteiger partial charge in [0.2, 0.25) is 0 Å². The molecule has 174 valence electrons. The molecule has 3 heterocycles. The molecule has 3 aromatic rings. The highest BCUT2D eigenvalue weighted by Gasteiger charge is 2.41. The third kappa shape index (κ3) is 4.49. The first-order chi connectivity index (χ1) is 16.7. The number of nitrogens with one attached hydrogen (secondary N) is 2. The van der Waals surface area contributed by atoms with Gasteiger partial charge in [-0.15, -0.1) is 0 Å². The van der Waals surface area contributed by atoms with Crippen LogP contribution in [0.15, 0.2) is 59.7 Å². The fraction of sp³-hybridized carbons (Fsp3) is 0.308. The van der Waals surface area contributed by atoms with Crippen molar-refractivity contribution >= 4 is 29.7 Å². The molecule has 2 saturated heterocycles. The topological polar surface area (TPSA) is 91.7 Å². The van der Waals surface area contributed by atoms with E-state index in [0.29, 0.717) is 28.3 Å². The van der Waals surface area contributed by atoms with E-state index in [2.05, 4.69) is 42.8 Å². The van der Waals surface area contributed by atoms with Crippen molar-refractivity contribution in [3.05, 3.63) is 65.9 Å². The monoisotopic (exact) mass is 456 g/mol. The van der Waals surface area contributed by atoms with Gasteiger partial charge in [-0.2, -0.15) is 5.10 Å². The highest BCUT2D eigenvalue weighted by atomic mass is 16.5. The minimum Gasteiger partial charge on any atom is -0.380 e. The molecule has 0 aliphatic carbocycles. The summed E-state index contributed by atoms with van der Waals surface area (Å²) in [5, 5.41) is 7.36. The molecule has 2 aromatic carbocycles. The minimum atomic E-state index is 0.354. The molecule has 2 aliphatic heterocycles. The first-order valence-corrected chi connectivity index (χ1v) is 11.5. The van der Waals surface area contributed by atoms with E-state index in [9.17, 15) is 4.79 Å². The van der Waals surface area contributed by atoms with Crippen LogP contribution in [0.4, 0.5) is 17.2 Å². The van der Waals surface area contributed by atoms with Crippen molar-refractivity contribution in [3.63, 3.8) is 0 Å². The van der Waals surface area contributed by atoms with Crippen LogP contribution >= 0.6 is 0 Å². The van der Waals surface area contributed by atoms with Crippen LogP contribution in [0.2, 0.25) is 0 Å². The van der Waals surface area contributed by atoms with Crippen molar-refractivity contribution in [2.45, 2.75) is 12.8 Å². The summed E-state index contributed by atoms with van der Waals surface area (Å²) in [6, 6.07) is 17.9. The van der Waals surface area contributed by atoms with Gasteiger partial charge in [-0.3, -0.25) is 4.79 Å². The van der Waals surface area contributed by atoms with E-state index >= 15 is 0 Å². The Morgan fingerprint density at radius 2 is 1.76 bits per heavy atom. The molecule has 2 N–H and O–H groups in total. The maximum Gasteiger partial charge on any atom is 0.162 e. The molecule has 0 radical (unpaired) electrons. The second-order valence-corrected chi connectivity index (χ2v) is 8.81. The summed E-state index contributed by atoms with van der Waals surface area (Å²) in [6.45, 7) is 3.92. The van der Waals surface area contributed by atoms with Gasteiger partial charge < -0.3 is 20.4 Å². The molecule has 0 atom stereocenters. The molecule has 2 fully saturated rings. The zero-order valence-corrected chi connectivity index (χ0v) is 19.2. The van der Waals surface area contributed by atoms with Gasteiger partial charge in [0.05, 0.1) is 30.7 Å². The van der Waals surface area contributed by atoms with Crippen LogP contribution in [-0.2, 0) is 4.74 Å². The van der Waals surface area contributed by atoms with Gasteiger partial charge in [0.25, 0.3) is 0 Å². The molecule has 8 nitrogen and oxygen atoms in total. The molecule has 1 aromatic heterocycles. The smallest absolute Gasteiger partial charge is 0.162 e. The second-order valence-electron chi connectivity index (χ2n) is 8.81. The van der Waals surface area contributed by atoms with E-state index < -0.39 is 0 Å². The van der Waals surface area contributed by atoms with Gasteiger partial charge in [0.1, 0.15) is 5.82 Å². The van der Waals surface area contributed by atoms with Crippen LogP contribution in [0.25, 0.3) is 11.4 Å². The van der Waals surface area contributed by atoms with Crippen LogP contribution in [0.5, 0.6) is 0 Å². The SMILES string of the molecule is CN/N=C\c1nc(-c2ccccc2)nc(Nc2ccc(N3CCC4(CC3)COC4)cc2)c1C=O. The molecule has 0 amide bonds. The van der Waals surface area contributed by atoms with Crippen molar-refractivity contribution in [2.24, 2.45) is 10.5 Å². The summed E-state index contributed by atoms with van der Waals surface area (Å²) in [5.74, 6) is 0.962. The number of aromatic nitrogens is 2. The van der Waals surface area contributed by atoms with Gasteiger partial charge in [-0.25, -0.2) is 9.97 Å². The summed E-state index contributed by atoms with van der Waals surface area (Å²) in [5.41, 5.74) is 6.83. The van der Waals surface area contributed by atoms with E-state index in [1.807, 2.05) is 42.5 Å². The molecule has 1 spiro atoms. The molecule has 8 heteroatoms. The quantitative estimate of drug-likeness (QED) is 0.317. The van der Waals surface area contributed by atoms with Crippen LogP contribution in [0.1, 0.15) is 28.9 Å². The number of carbonyl (C=O) groups excluding carboxylic acids is 1. The van der Waals surface area contributed by atoms with Gasteiger partial charge in [-0.1, -0.05) is 30.3 Å². The first kappa shape index (κ1) is 22.0. The maximum absolute atomic E-state index is 12.0. The van der Waals surface area contributed by atoms with Crippen molar-refractivity contribution in [3.8, 4) is 11.4 Å².